The number of aldehydes is 1. The highest BCUT2D eigenvalue weighted by Crippen LogP contribution is 2.32. The van der Waals surface area contributed by atoms with Crippen molar-refractivity contribution < 1.29 is 13.9 Å². The number of benzene rings is 1. The van der Waals surface area contributed by atoms with Gasteiger partial charge in [0.1, 0.15) is 11.5 Å². The monoisotopic (exact) mass is 248 g/mol. The number of methoxy groups -OCH3 is 1. The molecular weight excluding hydrogens is 236 g/mol. The van der Waals surface area contributed by atoms with E-state index in [1.54, 1.807) is 31.0 Å². The molecule has 2 rings (SSSR count). The maximum Gasteiger partial charge on any atom is 0.185 e. The Morgan fingerprint density at radius 2 is 2.12 bits per heavy atom. The molecule has 1 aromatic carbocycles. The van der Waals surface area contributed by atoms with Crippen molar-refractivity contribution in [2.45, 2.75) is 4.90 Å². The third kappa shape index (κ3) is 2.36. The molecule has 3 nitrogen and oxygen atoms in total. The summed E-state index contributed by atoms with van der Waals surface area (Å²) in [7, 11) is 1.64. The van der Waals surface area contributed by atoms with Crippen molar-refractivity contribution in [3.63, 3.8) is 0 Å². The molecule has 0 saturated carbocycles. The lowest BCUT2D eigenvalue weighted by molar-refractivity contribution is 0.110. The SMILES string of the molecule is COc1cc(-c2ccc(C=O)o2)ccc1SC. The lowest BCUT2D eigenvalue weighted by Gasteiger charge is -2.07. The number of rotatable bonds is 4. The minimum Gasteiger partial charge on any atom is -0.496 e. The second-order valence-electron chi connectivity index (χ2n) is 3.39. The highest BCUT2D eigenvalue weighted by atomic mass is 32.2. The predicted molar refractivity (Wildman–Crippen MR) is 67.9 cm³/mol. The molecule has 0 aliphatic heterocycles. The van der Waals surface area contributed by atoms with Gasteiger partial charge in [0.2, 0.25) is 0 Å². The summed E-state index contributed by atoms with van der Waals surface area (Å²) < 4.78 is 10.7. The molecule has 0 aliphatic rings. The summed E-state index contributed by atoms with van der Waals surface area (Å²) in [5.41, 5.74) is 0.896. The number of carbonyl (C=O) groups is 1. The summed E-state index contributed by atoms with van der Waals surface area (Å²) in [5, 5.41) is 0. The van der Waals surface area contributed by atoms with Gasteiger partial charge in [0, 0.05) is 10.5 Å². The minimum atomic E-state index is 0.327. The molecule has 0 bridgehead atoms. The van der Waals surface area contributed by atoms with Gasteiger partial charge in [0.15, 0.2) is 12.0 Å². The molecule has 1 heterocycles. The van der Waals surface area contributed by atoms with Crippen molar-refractivity contribution in [3.8, 4) is 17.1 Å². The van der Waals surface area contributed by atoms with Gasteiger partial charge < -0.3 is 9.15 Å². The van der Waals surface area contributed by atoms with E-state index in [2.05, 4.69) is 0 Å². The van der Waals surface area contributed by atoms with Crippen LogP contribution < -0.4 is 4.74 Å². The smallest absolute Gasteiger partial charge is 0.185 e. The van der Waals surface area contributed by atoms with Crippen LogP contribution in [0.2, 0.25) is 0 Å². The van der Waals surface area contributed by atoms with Gasteiger partial charge in [-0.05, 0) is 36.6 Å². The molecule has 1 aromatic heterocycles. The first-order chi connectivity index (χ1) is 8.28. The second kappa shape index (κ2) is 5.10. The van der Waals surface area contributed by atoms with Crippen LogP contribution in [0.1, 0.15) is 10.6 Å². The number of thioether (sulfide) groups is 1. The Morgan fingerprint density at radius 3 is 2.71 bits per heavy atom. The molecule has 0 amide bonds. The molecule has 0 N–H and O–H groups in total. The molecule has 88 valence electrons. The van der Waals surface area contributed by atoms with Crippen LogP contribution in [-0.2, 0) is 0 Å². The molecule has 0 atom stereocenters. The van der Waals surface area contributed by atoms with E-state index in [-0.39, 0.29) is 0 Å². The quantitative estimate of drug-likeness (QED) is 0.613. The normalized spacial score (nSPS) is 10.2. The van der Waals surface area contributed by atoms with Gasteiger partial charge >= 0.3 is 0 Å². The largest absolute Gasteiger partial charge is 0.496 e. The number of furan rings is 1. The number of carbonyl (C=O) groups excluding carboxylic acids is 1. The third-order valence-corrected chi connectivity index (χ3v) is 3.19. The Balaban J connectivity index is 2.42. The Hall–Kier alpha value is -1.68. The highest BCUT2D eigenvalue weighted by molar-refractivity contribution is 7.98. The molecule has 0 aliphatic carbocycles. The highest BCUT2D eigenvalue weighted by Gasteiger charge is 2.08. The van der Waals surface area contributed by atoms with Gasteiger partial charge in [0.05, 0.1) is 7.11 Å². The standard InChI is InChI=1S/C13H12O3S/c1-15-12-7-9(3-6-13(12)17-2)11-5-4-10(8-14)16-11/h3-8H,1-2H3. The van der Waals surface area contributed by atoms with E-state index in [0.717, 1.165) is 16.2 Å². The van der Waals surface area contributed by atoms with Crippen molar-refractivity contribution in [1.29, 1.82) is 0 Å². The van der Waals surface area contributed by atoms with Crippen LogP contribution in [0.5, 0.6) is 5.75 Å². The van der Waals surface area contributed by atoms with E-state index in [0.29, 0.717) is 17.8 Å². The van der Waals surface area contributed by atoms with Crippen molar-refractivity contribution in [1.82, 2.24) is 0 Å². The fourth-order valence-corrected chi connectivity index (χ4v) is 2.11. The molecule has 0 spiro atoms. The van der Waals surface area contributed by atoms with Crippen LogP contribution in [0.15, 0.2) is 39.6 Å². The predicted octanol–water partition coefficient (Wildman–Crippen LogP) is 3.49. The topological polar surface area (TPSA) is 39.4 Å². The fourth-order valence-electron chi connectivity index (χ4n) is 1.56. The van der Waals surface area contributed by atoms with Crippen molar-refractivity contribution >= 4 is 18.0 Å². The van der Waals surface area contributed by atoms with Crippen LogP contribution >= 0.6 is 11.8 Å². The van der Waals surface area contributed by atoms with E-state index in [4.69, 9.17) is 9.15 Å². The zero-order valence-corrected chi connectivity index (χ0v) is 10.4. The van der Waals surface area contributed by atoms with Crippen molar-refractivity contribution in [2.75, 3.05) is 13.4 Å². The first-order valence-electron chi connectivity index (χ1n) is 5.06. The third-order valence-electron chi connectivity index (χ3n) is 2.41. The zero-order valence-electron chi connectivity index (χ0n) is 9.60. The van der Waals surface area contributed by atoms with E-state index < -0.39 is 0 Å². The van der Waals surface area contributed by atoms with Crippen LogP contribution in [-0.4, -0.2) is 19.7 Å². The zero-order chi connectivity index (χ0) is 12.3. The molecule has 17 heavy (non-hydrogen) atoms. The molecule has 0 saturated heterocycles. The Morgan fingerprint density at radius 1 is 1.29 bits per heavy atom. The summed E-state index contributed by atoms with van der Waals surface area (Å²) in [6.45, 7) is 0. The van der Waals surface area contributed by atoms with Gasteiger partial charge in [-0.15, -0.1) is 11.8 Å². The molecular formula is C13H12O3S. The van der Waals surface area contributed by atoms with Crippen LogP contribution in [0, 0.1) is 0 Å². The molecule has 2 aromatic rings. The minimum absolute atomic E-state index is 0.327. The lowest BCUT2D eigenvalue weighted by atomic mass is 10.1. The van der Waals surface area contributed by atoms with Crippen LogP contribution in [0.25, 0.3) is 11.3 Å². The van der Waals surface area contributed by atoms with Gasteiger partial charge in [-0.1, -0.05) is 0 Å². The summed E-state index contributed by atoms with van der Waals surface area (Å²) in [4.78, 5) is 11.6. The Kier molecular flexibility index (Phi) is 3.54. The number of hydrogen-bond acceptors (Lipinski definition) is 4. The fraction of sp³-hybridized carbons (Fsp3) is 0.154. The Labute approximate surface area is 104 Å². The lowest BCUT2D eigenvalue weighted by Crippen LogP contribution is -1.86. The summed E-state index contributed by atoms with van der Waals surface area (Å²) in [5.74, 6) is 1.80. The van der Waals surface area contributed by atoms with Crippen molar-refractivity contribution in [3.05, 3.63) is 36.1 Å². The van der Waals surface area contributed by atoms with Gasteiger partial charge in [-0.2, -0.15) is 0 Å². The molecule has 0 fully saturated rings. The molecule has 0 radical (unpaired) electrons. The number of hydrogen-bond donors (Lipinski definition) is 0. The van der Waals surface area contributed by atoms with Gasteiger partial charge in [0.25, 0.3) is 0 Å². The average Bonchev–Trinajstić information content (AvgIpc) is 2.86. The number of ether oxygens (including phenoxy) is 1. The van der Waals surface area contributed by atoms with E-state index in [1.165, 1.54) is 0 Å². The Bertz CT molecular complexity index is 531. The van der Waals surface area contributed by atoms with Crippen molar-refractivity contribution in [2.24, 2.45) is 0 Å². The average molecular weight is 248 g/mol. The van der Waals surface area contributed by atoms with Gasteiger partial charge in [-0.25, -0.2) is 0 Å². The first-order valence-corrected chi connectivity index (χ1v) is 6.28. The maximum atomic E-state index is 10.6. The van der Waals surface area contributed by atoms with Crippen LogP contribution in [0.4, 0.5) is 0 Å². The second-order valence-corrected chi connectivity index (χ2v) is 4.24. The van der Waals surface area contributed by atoms with Gasteiger partial charge in [-0.3, -0.25) is 4.79 Å². The summed E-state index contributed by atoms with van der Waals surface area (Å²) in [6, 6.07) is 9.25. The van der Waals surface area contributed by atoms with E-state index >= 15 is 0 Å². The van der Waals surface area contributed by atoms with E-state index in [9.17, 15) is 4.79 Å². The maximum absolute atomic E-state index is 10.6. The van der Waals surface area contributed by atoms with Crippen LogP contribution in [0.3, 0.4) is 0 Å². The molecule has 4 heteroatoms. The first kappa shape index (κ1) is 11.8. The summed E-state index contributed by atoms with van der Waals surface area (Å²) >= 11 is 1.62. The summed E-state index contributed by atoms with van der Waals surface area (Å²) in [6.07, 6.45) is 2.69. The molecule has 0 unspecified atom stereocenters. The van der Waals surface area contributed by atoms with E-state index in [1.807, 2.05) is 24.5 Å².